The molecule has 2 N–H and O–H groups in total. The van der Waals surface area contributed by atoms with Gasteiger partial charge in [0.2, 0.25) is 0 Å². The average molecular weight is 447 g/mol. The molecule has 136 valence electrons. The normalized spacial score (nSPS) is 14.0. The first-order valence-electron chi connectivity index (χ1n) is 8.56. The summed E-state index contributed by atoms with van der Waals surface area (Å²) in [6, 6.07) is 8.20. The standard InChI is InChI=1S/C18H29N3O2.HI/c1-3-22-12-6-11-20-18(19-2)21-13-16-7-4-5-8-17(16)23-14-15-9-10-15;/h4-5,7-8,15H,3,6,9-14H2,1-2H3,(H2,19,20,21);1H. The molecule has 2 rings (SSSR count). The fourth-order valence-electron chi connectivity index (χ4n) is 2.21. The van der Waals surface area contributed by atoms with Gasteiger partial charge in [-0.15, -0.1) is 24.0 Å². The third-order valence-electron chi connectivity index (χ3n) is 3.78. The molecule has 0 radical (unpaired) electrons. The van der Waals surface area contributed by atoms with Crippen LogP contribution in [0.1, 0.15) is 31.7 Å². The van der Waals surface area contributed by atoms with Crippen LogP contribution in [-0.4, -0.2) is 39.4 Å². The van der Waals surface area contributed by atoms with Crippen molar-refractivity contribution in [3.63, 3.8) is 0 Å². The van der Waals surface area contributed by atoms with E-state index in [0.29, 0.717) is 6.54 Å². The summed E-state index contributed by atoms with van der Waals surface area (Å²) in [6.45, 7) is 5.94. The highest BCUT2D eigenvalue weighted by Crippen LogP contribution is 2.30. The smallest absolute Gasteiger partial charge is 0.191 e. The predicted octanol–water partition coefficient (Wildman–Crippen LogP) is 3.19. The third kappa shape index (κ3) is 8.19. The molecule has 1 aromatic rings. The van der Waals surface area contributed by atoms with Crippen molar-refractivity contribution in [2.45, 2.75) is 32.7 Å². The fourth-order valence-corrected chi connectivity index (χ4v) is 2.21. The van der Waals surface area contributed by atoms with Gasteiger partial charge in [-0.25, -0.2) is 0 Å². The lowest BCUT2D eigenvalue weighted by Gasteiger charge is -2.14. The molecule has 0 bridgehead atoms. The largest absolute Gasteiger partial charge is 0.493 e. The highest BCUT2D eigenvalue weighted by Gasteiger charge is 2.22. The van der Waals surface area contributed by atoms with Gasteiger partial charge in [-0.2, -0.15) is 0 Å². The number of nitrogens with one attached hydrogen (secondary N) is 2. The summed E-state index contributed by atoms with van der Waals surface area (Å²) >= 11 is 0. The Morgan fingerprint density at radius 3 is 2.75 bits per heavy atom. The van der Waals surface area contributed by atoms with E-state index in [2.05, 4.69) is 21.7 Å². The number of aliphatic imine (C=N–C) groups is 1. The molecule has 5 nitrogen and oxygen atoms in total. The van der Waals surface area contributed by atoms with Gasteiger partial charge in [-0.05, 0) is 38.2 Å². The zero-order valence-corrected chi connectivity index (χ0v) is 17.0. The van der Waals surface area contributed by atoms with Crippen LogP contribution in [0.25, 0.3) is 0 Å². The molecule has 0 amide bonds. The maximum atomic E-state index is 5.94. The predicted molar refractivity (Wildman–Crippen MR) is 109 cm³/mol. The third-order valence-corrected chi connectivity index (χ3v) is 3.78. The Balaban J connectivity index is 0.00000288. The number of guanidine groups is 1. The van der Waals surface area contributed by atoms with Gasteiger partial charge in [0.15, 0.2) is 5.96 Å². The number of hydrogen-bond donors (Lipinski definition) is 2. The highest BCUT2D eigenvalue weighted by atomic mass is 127. The summed E-state index contributed by atoms with van der Waals surface area (Å²) in [5.74, 6) is 2.54. The molecular formula is C18H30IN3O2. The van der Waals surface area contributed by atoms with Crippen molar-refractivity contribution >= 4 is 29.9 Å². The van der Waals surface area contributed by atoms with Crippen molar-refractivity contribution in [3.8, 4) is 5.75 Å². The minimum Gasteiger partial charge on any atom is -0.493 e. The Morgan fingerprint density at radius 2 is 2.04 bits per heavy atom. The van der Waals surface area contributed by atoms with E-state index >= 15 is 0 Å². The molecular weight excluding hydrogens is 417 g/mol. The molecule has 6 heteroatoms. The van der Waals surface area contributed by atoms with E-state index in [1.54, 1.807) is 7.05 Å². The Hall–Kier alpha value is -1.02. The number of halogens is 1. The topological polar surface area (TPSA) is 54.9 Å². The van der Waals surface area contributed by atoms with Crippen molar-refractivity contribution in [1.29, 1.82) is 0 Å². The lowest BCUT2D eigenvalue weighted by atomic mass is 10.2. The van der Waals surface area contributed by atoms with Crippen molar-refractivity contribution in [2.24, 2.45) is 10.9 Å². The van der Waals surface area contributed by atoms with Gasteiger partial charge in [-0.3, -0.25) is 4.99 Å². The number of nitrogens with zero attached hydrogens (tertiary/aromatic N) is 1. The summed E-state index contributed by atoms with van der Waals surface area (Å²) < 4.78 is 11.3. The number of benzene rings is 1. The van der Waals surface area contributed by atoms with Gasteiger partial charge in [0.05, 0.1) is 6.61 Å². The quantitative estimate of drug-likeness (QED) is 0.251. The average Bonchev–Trinajstić information content (AvgIpc) is 3.40. The van der Waals surface area contributed by atoms with Crippen LogP contribution in [0.2, 0.25) is 0 Å². The zero-order chi connectivity index (χ0) is 16.3. The first kappa shape index (κ1) is 21.0. The molecule has 0 atom stereocenters. The molecule has 0 unspecified atom stereocenters. The van der Waals surface area contributed by atoms with E-state index < -0.39 is 0 Å². The van der Waals surface area contributed by atoms with Crippen LogP contribution in [0.5, 0.6) is 5.75 Å². The Labute approximate surface area is 162 Å². The molecule has 0 aliphatic heterocycles. The minimum atomic E-state index is 0. The Bertz CT molecular complexity index is 493. The number of hydrogen-bond acceptors (Lipinski definition) is 3. The molecule has 0 aromatic heterocycles. The lowest BCUT2D eigenvalue weighted by Crippen LogP contribution is -2.37. The summed E-state index contributed by atoms with van der Waals surface area (Å²) in [5.41, 5.74) is 1.16. The van der Waals surface area contributed by atoms with Crippen LogP contribution in [0.15, 0.2) is 29.3 Å². The molecule has 1 saturated carbocycles. The summed E-state index contributed by atoms with van der Waals surface area (Å²) in [5, 5.41) is 6.63. The molecule has 0 spiro atoms. The van der Waals surface area contributed by atoms with Crippen LogP contribution in [0.4, 0.5) is 0 Å². The van der Waals surface area contributed by atoms with E-state index in [4.69, 9.17) is 9.47 Å². The van der Waals surface area contributed by atoms with E-state index in [9.17, 15) is 0 Å². The van der Waals surface area contributed by atoms with Crippen LogP contribution in [0.3, 0.4) is 0 Å². The van der Waals surface area contributed by atoms with E-state index in [0.717, 1.165) is 56.0 Å². The first-order chi connectivity index (χ1) is 11.3. The number of para-hydroxylation sites is 1. The van der Waals surface area contributed by atoms with E-state index in [1.165, 1.54) is 12.8 Å². The van der Waals surface area contributed by atoms with Crippen molar-refractivity contribution < 1.29 is 9.47 Å². The second-order valence-electron chi connectivity index (χ2n) is 5.77. The number of ether oxygens (including phenoxy) is 2. The van der Waals surface area contributed by atoms with Crippen molar-refractivity contribution in [3.05, 3.63) is 29.8 Å². The van der Waals surface area contributed by atoms with E-state index in [-0.39, 0.29) is 24.0 Å². The minimum absolute atomic E-state index is 0. The highest BCUT2D eigenvalue weighted by molar-refractivity contribution is 14.0. The molecule has 0 saturated heterocycles. The van der Waals surface area contributed by atoms with Gasteiger partial charge in [0.1, 0.15) is 5.75 Å². The van der Waals surface area contributed by atoms with Gasteiger partial charge in [0.25, 0.3) is 0 Å². The van der Waals surface area contributed by atoms with Crippen LogP contribution < -0.4 is 15.4 Å². The van der Waals surface area contributed by atoms with Gasteiger partial charge in [0, 0.05) is 38.9 Å². The zero-order valence-electron chi connectivity index (χ0n) is 14.7. The molecule has 0 heterocycles. The Morgan fingerprint density at radius 1 is 1.25 bits per heavy atom. The Kier molecular flexibility index (Phi) is 10.8. The van der Waals surface area contributed by atoms with E-state index in [1.807, 2.05) is 25.1 Å². The number of rotatable bonds is 10. The molecule has 1 aromatic carbocycles. The molecule has 1 aliphatic carbocycles. The summed E-state index contributed by atoms with van der Waals surface area (Å²) in [7, 11) is 1.79. The lowest BCUT2D eigenvalue weighted by molar-refractivity contribution is 0.145. The molecule has 1 fully saturated rings. The maximum absolute atomic E-state index is 5.94. The maximum Gasteiger partial charge on any atom is 0.191 e. The van der Waals surface area contributed by atoms with Crippen molar-refractivity contribution in [1.82, 2.24) is 10.6 Å². The van der Waals surface area contributed by atoms with Gasteiger partial charge < -0.3 is 20.1 Å². The van der Waals surface area contributed by atoms with Crippen molar-refractivity contribution in [2.75, 3.05) is 33.4 Å². The second-order valence-corrected chi connectivity index (χ2v) is 5.77. The summed E-state index contributed by atoms with van der Waals surface area (Å²) in [6.07, 6.45) is 3.58. The first-order valence-corrected chi connectivity index (χ1v) is 8.56. The second kappa shape index (κ2) is 12.4. The molecule has 1 aliphatic rings. The fraction of sp³-hybridized carbons (Fsp3) is 0.611. The van der Waals surface area contributed by atoms with Crippen LogP contribution in [-0.2, 0) is 11.3 Å². The van der Waals surface area contributed by atoms with Crippen LogP contribution in [0, 0.1) is 5.92 Å². The van der Waals surface area contributed by atoms with Crippen LogP contribution >= 0.6 is 24.0 Å². The van der Waals surface area contributed by atoms with Gasteiger partial charge >= 0.3 is 0 Å². The molecule has 24 heavy (non-hydrogen) atoms. The SMILES string of the molecule is CCOCCCNC(=NC)NCc1ccccc1OCC1CC1.I. The van der Waals surface area contributed by atoms with Gasteiger partial charge in [-0.1, -0.05) is 18.2 Å². The summed E-state index contributed by atoms with van der Waals surface area (Å²) in [4.78, 5) is 4.25. The monoisotopic (exact) mass is 447 g/mol.